The maximum Gasteiger partial charge on any atom is 0.0724 e. The van der Waals surface area contributed by atoms with Crippen LogP contribution in [-0.2, 0) is 11.3 Å². The van der Waals surface area contributed by atoms with Crippen molar-refractivity contribution in [3.8, 4) is 6.07 Å². The Hall–Kier alpha value is -1.33. The molecule has 86 valence electrons. The van der Waals surface area contributed by atoms with E-state index in [1.807, 2.05) is 18.2 Å². The number of nitriles is 1. The molecule has 0 fully saturated rings. The van der Waals surface area contributed by atoms with E-state index < -0.39 is 0 Å². The number of rotatable bonds is 6. The van der Waals surface area contributed by atoms with Crippen LogP contribution in [0.5, 0.6) is 0 Å². The van der Waals surface area contributed by atoms with Crippen molar-refractivity contribution in [2.75, 3.05) is 0 Å². The highest BCUT2D eigenvalue weighted by Gasteiger charge is 2.22. The molecule has 0 aliphatic heterocycles. The first-order valence-electron chi connectivity index (χ1n) is 5.75. The SMILES string of the molecule is CCC(C)(CCC#N)OCc1ccccc1. The molecule has 0 aliphatic carbocycles. The zero-order chi connectivity index (χ0) is 11.9. The summed E-state index contributed by atoms with van der Waals surface area (Å²) >= 11 is 0. The molecule has 0 saturated heterocycles. The van der Waals surface area contributed by atoms with Gasteiger partial charge in [-0.15, -0.1) is 0 Å². The van der Waals surface area contributed by atoms with Crippen molar-refractivity contribution in [3.63, 3.8) is 0 Å². The standard InChI is InChI=1S/C14H19NO/c1-3-14(2,10-7-11-15)16-12-13-8-5-4-6-9-13/h4-6,8-9H,3,7,10,12H2,1-2H3. The van der Waals surface area contributed by atoms with E-state index in [0.717, 1.165) is 12.8 Å². The Morgan fingerprint density at radius 1 is 1.31 bits per heavy atom. The number of hydrogen-bond donors (Lipinski definition) is 0. The van der Waals surface area contributed by atoms with Crippen molar-refractivity contribution in [1.29, 1.82) is 5.26 Å². The van der Waals surface area contributed by atoms with E-state index in [2.05, 4.69) is 32.0 Å². The number of hydrogen-bond acceptors (Lipinski definition) is 2. The van der Waals surface area contributed by atoms with Gasteiger partial charge in [-0.1, -0.05) is 37.3 Å². The Labute approximate surface area is 97.9 Å². The summed E-state index contributed by atoms with van der Waals surface area (Å²) in [6.07, 6.45) is 2.29. The minimum absolute atomic E-state index is 0.175. The maximum atomic E-state index is 8.60. The summed E-state index contributed by atoms with van der Waals surface area (Å²) in [5.74, 6) is 0. The Kier molecular flexibility index (Phi) is 5.01. The first kappa shape index (κ1) is 12.7. The summed E-state index contributed by atoms with van der Waals surface area (Å²) in [7, 11) is 0. The minimum atomic E-state index is -0.175. The summed E-state index contributed by atoms with van der Waals surface area (Å²) < 4.78 is 5.92. The Bertz CT molecular complexity index is 342. The van der Waals surface area contributed by atoms with E-state index in [1.54, 1.807) is 0 Å². The summed E-state index contributed by atoms with van der Waals surface area (Å²) in [6.45, 7) is 4.80. The van der Waals surface area contributed by atoms with Gasteiger partial charge in [0.15, 0.2) is 0 Å². The third-order valence-electron chi connectivity index (χ3n) is 2.94. The molecule has 0 radical (unpaired) electrons. The van der Waals surface area contributed by atoms with Crippen molar-refractivity contribution in [2.45, 2.75) is 45.3 Å². The van der Waals surface area contributed by atoms with Gasteiger partial charge in [0.05, 0.1) is 18.3 Å². The quantitative estimate of drug-likeness (QED) is 0.728. The topological polar surface area (TPSA) is 33.0 Å². The van der Waals surface area contributed by atoms with Crippen molar-refractivity contribution in [2.24, 2.45) is 0 Å². The van der Waals surface area contributed by atoms with Gasteiger partial charge in [0.2, 0.25) is 0 Å². The lowest BCUT2D eigenvalue weighted by Crippen LogP contribution is -2.27. The second kappa shape index (κ2) is 6.30. The number of benzene rings is 1. The molecule has 0 heterocycles. The first-order valence-corrected chi connectivity index (χ1v) is 5.75. The van der Waals surface area contributed by atoms with Crippen molar-refractivity contribution < 1.29 is 4.74 Å². The molecular formula is C14H19NO. The first-order chi connectivity index (χ1) is 7.70. The van der Waals surface area contributed by atoms with Crippen LogP contribution in [-0.4, -0.2) is 5.60 Å². The lowest BCUT2D eigenvalue weighted by molar-refractivity contribution is -0.0506. The van der Waals surface area contributed by atoms with E-state index in [1.165, 1.54) is 5.56 Å². The second-order valence-electron chi connectivity index (χ2n) is 4.24. The molecule has 0 saturated carbocycles. The highest BCUT2D eigenvalue weighted by molar-refractivity contribution is 5.13. The average Bonchev–Trinajstić information content (AvgIpc) is 2.35. The van der Waals surface area contributed by atoms with Crippen LogP contribution in [0.15, 0.2) is 30.3 Å². The van der Waals surface area contributed by atoms with Gasteiger partial charge in [0.25, 0.3) is 0 Å². The van der Waals surface area contributed by atoms with Gasteiger partial charge in [-0.3, -0.25) is 0 Å². The zero-order valence-corrected chi connectivity index (χ0v) is 10.1. The van der Waals surface area contributed by atoms with Gasteiger partial charge < -0.3 is 4.74 Å². The average molecular weight is 217 g/mol. The summed E-state index contributed by atoms with van der Waals surface area (Å²) in [5, 5.41) is 8.60. The predicted octanol–water partition coefficient (Wildman–Crippen LogP) is 3.68. The van der Waals surface area contributed by atoms with Crippen LogP contribution in [0.3, 0.4) is 0 Å². The lowest BCUT2D eigenvalue weighted by atomic mass is 9.97. The highest BCUT2D eigenvalue weighted by Crippen LogP contribution is 2.23. The van der Waals surface area contributed by atoms with Gasteiger partial charge in [-0.2, -0.15) is 5.26 Å². The number of nitrogens with zero attached hydrogens (tertiary/aromatic N) is 1. The molecule has 16 heavy (non-hydrogen) atoms. The smallest absolute Gasteiger partial charge is 0.0724 e. The molecule has 0 bridgehead atoms. The van der Waals surface area contributed by atoms with E-state index in [-0.39, 0.29) is 5.60 Å². The molecule has 1 aromatic carbocycles. The van der Waals surface area contributed by atoms with E-state index in [4.69, 9.17) is 10.00 Å². The highest BCUT2D eigenvalue weighted by atomic mass is 16.5. The predicted molar refractivity (Wildman–Crippen MR) is 64.8 cm³/mol. The molecule has 2 nitrogen and oxygen atoms in total. The number of ether oxygens (including phenoxy) is 1. The molecule has 2 heteroatoms. The summed E-state index contributed by atoms with van der Waals surface area (Å²) in [4.78, 5) is 0. The van der Waals surface area contributed by atoms with Crippen LogP contribution in [0.2, 0.25) is 0 Å². The fourth-order valence-corrected chi connectivity index (χ4v) is 1.50. The fourth-order valence-electron chi connectivity index (χ4n) is 1.50. The van der Waals surface area contributed by atoms with E-state index >= 15 is 0 Å². The molecule has 0 N–H and O–H groups in total. The Morgan fingerprint density at radius 2 is 2.00 bits per heavy atom. The zero-order valence-electron chi connectivity index (χ0n) is 10.1. The maximum absolute atomic E-state index is 8.60. The van der Waals surface area contributed by atoms with Crippen molar-refractivity contribution in [1.82, 2.24) is 0 Å². The largest absolute Gasteiger partial charge is 0.371 e. The third kappa shape index (κ3) is 4.04. The van der Waals surface area contributed by atoms with Gasteiger partial charge in [-0.05, 0) is 25.3 Å². The van der Waals surface area contributed by atoms with E-state index in [9.17, 15) is 0 Å². The minimum Gasteiger partial charge on any atom is -0.371 e. The molecule has 1 aromatic rings. The summed E-state index contributed by atoms with van der Waals surface area (Å²) in [6, 6.07) is 12.3. The van der Waals surface area contributed by atoms with Crippen LogP contribution in [0, 0.1) is 11.3 Å². The molecule has 0 spiro atoms. The van der Waals surface area contributed by atoms with Crippen LogP contribution in [0.4, 0.5) is 0 Å². The third-order valence-corrected chi connectivity index (χ3v) is 2.94. The van der Waals surface area contributed by atoms with Gasteiger partial charge in [-0.25, -0.2) is 0 Å². The van der Waals surface area contributed by atoms with Gasteiger partial charge in [0, 0.05) is 6.42 Å². The molecule has 0 amide bonds. The van der Waals surface area contributed by atoms with Gasteiger partial charge in [0.1, 0.15) is 0 Å². The lowest BCUT2D eigenvalue weighted by Gasteiger charge is -2.28. The molecule has 1 atom stereocenters. The van der Waals surface area contributed by atoms with Crippen LogP contribution in [0.25, 0.3) is 0 Å². The van der Waals surface area contributed by atoms with Crippen LogP contribution >= 0.6 is 0 Å². The fraction of sp³-hybridized carbons (Fsp3) is 0.500. The Morgan fingerprint density at radius 3 is 2.56 bits per heavy atom. The van der Waals surface area contributed by atoms with E-state index in [0.29, 0.717) is 13.0 Å². The van der Waals surface area contributed by atoms with Crippen molar-refractivity contribution in [3.05, 3.63) is 35.9 Å². The van der Waals surface area contributed by atoms with Gasteiger partial charge >= 0.3 is 0 Å². The summed E-state index contributed by atoms with van der Waals surface area (Å²) in [5.41, 5.74) is 1.00. The monoisotopic (exact) mass is 217 g/mol. The molecule has 1 unspecified atom stereocenters. The molecule has 0 aliphatic rings. The van der Waals surface area contributed by atoms with Crippen molar-refractivity contribution >= 4 is 0 Å². The van der Waals surface area contributed by atoms with Crippen LogP contribution < -0.4 is 0 Å². The molecule has 0 aromatic heterocycles. The normalized spacial score (nSPS) is 14.1. The molecular weight excluding hydrogens is 198 g/mol. The second-order valence-corrected chi connectivity index (χ2v) is 4.24. The molecule has 1 rings (SSSR count). The Balaban J connectivity index is 2.48. The van der Waals surface area contributed by atoms with Crippen LogP contribution in [0.1, 0.15) is 38.7 Å².